The van der Waals surface area contributed by atoms with Crippen molar-refractivity contribution in [2.45, 2.75) is 89.1 Å². The summed E-state index contributed by atoms with van der Waals surface area (Å²) in [5.74, 6) is -2.43. The van der Waals surface area contributed by atoms with Gasteiger partial charge in [0.25, 0.3) is 5.91 Å². The second-order valence-electron chi connectivity index (χ2n) is 15.8. The molecule has 2 aromatic heterocycles. The Labute approximate surface area is 366 Å². The highest BCUT2D eigenvalue weighted by atomic mass is 16.5. The zero-order chi connectivity index (χ0) is 45.3. The van der Waals surface area contributed by atoms with Crippen molar-refractivity contribution >= 4 is 29.6 Å². The number of nitrogens with one attached hydrogen (secondary N) is 4. The van der Waals surface area contributed by atoms with E-state index in [1.165, 1.54) is 24.3 Å². The van der Waals surface area contributed by atoms with E-state index in [9.17, 15) is 29.1 Å². The van der Waals surface area contributed by atoms with Gasteiger partial charge in [0.15, 0.2) is 5.82 Å². The van der Waals surface area contributed by atoms with E-state index in [-0.39, 0.29) is 67.7 Å². The molecule has 0 saturated heterocycles. The lowest BCUT2D eigenvalue weighted by Crippen LogP contribution is -2.57. The summed E-state index contributed by atoms with van der Waals surface area (Å²) >= 11 is 0. The van der Waals surface area contributed by atoms with Crippen molar-refractivity contribution in [2.75, 3.05) is 41.0 Å². The molecule has 18 nitrogen and oxygen atoms in total. The van der Waals surface area contributed by atoms with Gasteiger partial charge >= 0.3 is 5.97 Å². The number of methoxy groups -OCH3 is 1. The van der Waals surface area contributed by atoms with Crippen LogP contribution >= 0.6 is 0 Å². The average molecular weight is 871 g/mol. The van der Waals surface area contributed by atoms with Gasteiger partial charge in [0, 0.05) is 32.1 Å². The lowest BCUT2D eigenvalue weighted by Gasteiger charge is -2.32. The Kier molecular flexibility index (Phi) is 17.9. The number of pyridine rings is 1. The number of amides is 4. The molecule has 0 aliphatic heterocycles. The van der Waals surface area contributed by atoms with Crippen LogP contribution in [-0.4, -0.2) is 120 Å². The van der Waals surface area contributed by atoms with Crippen molar-refractivity contribution in [1.29, 1.82) is 0 Å². The van der Waals surface area contributed by atoms with Crippen LogP contribution in [0.15, 0.2) is 77.4 Å². The molecule has 5 N–H and O–H groups in total. The number of ether oxygens (including phenoxy) is 3. The van der Waals surface area contributed by atoms with Crippen LogP contribution in [0.2, 0.25) is 0 Å². The fourth-order valence-electron chi connectivity index (χ4n) is 6.79. The third-order valence-electron chi connectivity index (χ3n) is 10.3. The number of hydrogen-bond acceptors (Lipinski definition) is 13. The van der Waals surface area contributed by atoms with Crippen molar-refractivity contribution in [1.82, 2.24) is 41.3 Å². The second-order valence-corrected chi connectivity index (χ2v) is 15.8. The fraction of sp³-hybridized carbons (Fsp3) is 0.467. The van der Waals surface area contributed by atoms with E-state index in [1.54, 1.807) is 14.1 Å². The number of carboxylic acids is 1. The first-order valence-electron chi connectivity index (χ1n) is 21.0. The van der Waals surface area contributed by atoms with E-state index in [1.807, 2.05) is 74.5 Å². The molecule has 2 aromatic carbocycles. The molecule has 4 amide bonds. The van der Waals surface area contributed by atoms with Crippen molar-refractivity contribution in [3.63, 3.8) is 0 Å². The molecule has 2 heterocycles. The van der Waals surface area contributed by atoms with E-state index < -0.39 is 54.3 Å². The molecular formula is C45H58N8O10. The first-order valence-corrected chi connectivity index (χ1v) is 21.0. The highest BCUT2D eigenvalue weighted by Gasteiger charge is 2.34. The molecule has 18 heteroatoms. The number of hydrogen-bond donors (Lipinski definition) is 5. The monoisotopic (exact) mass is 870 g/mol. The van der Waals surface area contributed by atoms with Gasteiger partial charge in [-0.15, -0.1) is 0 Å². The van der Waals surface area contributed by atoms with E-state index in [2.05, 4.69) is 36.4 Å². The Morgan fingerprint density at radius 2 is 1.62 bits per heavy atom. The third kappa shape index (κ3) is 14.6. The van der Waals surface area contributed by atoms with E-state index >= 15 is 0 Å². The van der Waals surface area contributed by atoms with Gasteiger partial charge in [-0.25, -0.2) is 4.98 Å². The third-order valence-corrected chi connectivity index (χ3v) is 10.3. The summed E-state index contributed by atoms with van der Waals surface area (Å²) in [6.07, 6.45) is 3.68. The zero-order valence-corrected chi connectivity index (χ0v) is 36.4. The maximum absolute atomic E-state index is 14.4. The molecule has 0 spiro atoms. The van der Waals surface area contributed by atoms with Crippen LogP contribution in [0.4, 0.5) is 0 Å². The number of carboxylic acid groups (broad SMARTS) is 1. The van der Waals surface area contributed by atoms with Crippen molar-refractivity contribution in [2.24, 2.45) is 5.92 Å². The van der Waals surface area contributed by atoms with Gasteiger partial charge in [-0.1, -0.05) is 79.7 Å². The Hall–Kier alpha value is -6.40. The predicted octanol–water partition coefficient (Wildman–Crippen LogP) is 3.07. The molecule has 1 fully saturated rings. The SMILES string of the molecule is CN[C@@H](CC(C)C)C(=O)N(C)C(COCc1ccccc1)C(=O)N[C@@H](COc1ccnc(OC)c1C(=O)N[C@@H](CC(=O)O)C(=O)NCCc1nc(C2CC2)no1)Cc1ccccc1. The normalized spacial score (nSPS) is 14.2. The van der Waals surface area contributed by atoms with Crippen LogP contribution < -0.4 is 30.7 Å². The summed E-state index contributed by atoms with van der Waals surface area (Å²) in [6.45, 7) is 4.02. The van der Waals surface area contributed by atoms with Crippen molar-refractivity contribution in [3.8, 4) is 11.6 Å². The number of benzene rings is 2. The fourth-order valence-corrected chi connectivity index (χ4v) is 6.79. The first kappa shape index (κ1) is 47.6. The van der Waals surface area contributed by atoms with Gasteiger partial charge in [-0.3, -0.25) is 24.0 Å². The number of carbonyl (C=O) groups is 5. The largest absolute Gasteiger partial charge is 0.490 e. The lowest BCUT2D eigenvalue weighted by molar-refractivity contribution is -0.143. The summed E-state index contributed by atoms with van der Waals surface area (Å²) < 4.78 is 23.0. The summed E-state index contributed by atoms with van der Waals surface area (Å²) in [7, 11) is 4.59. The molecular weight excluding hydrogens is 813 g/mol. The molecule has 1 aliphatic carbocycles. The lowest BCUT2D eigenvalue weighted by atomic mass is 10.0. The smallest absolute Gasteiger partial charge is 0.305 e. The number of aliphatic carboxylic acids is 1. The summed E-state index contributed by atoms with van der Waals surface area (Å²) in [5.41, 5.74) is 1.57. The Morgan fingerprint density at radius 3 is 2.25 bits per heavy atom. The summed E-state index contributed by atoms with van der Waals surface area (Å²) in [5, 5.41) is 24.9. The first-order chi connectivity index (χ1) is 30.4. The van der Waals surface area contributed by atoms with Gasteiger partial charge in [0.1, 0.15) is 30.0 Å². The van der Waals surface area contributed by atoms with Crippen molar-refractivity contribution in [3.05, 3.63) is 101 Å². The van der Waals surface area contributed by atoms with Crippen molar-refractivity contribution < 1.29 is 47.8 Å². The van der Waals surface area contributed by atoms with Crippen LogP contribution in [0.1, 0.15) is 78.6 Å². The molecule has 1 unspecified atom stereocenters. The average Bonchev–Trinajstić information content (AvgIpc) is 4.02. The molecule has 63 heavy (non-hydrogen) atoms. The van der Waals surface area contributed by atoms with Crippen LogP contribution in [0, 0.1) is 5.92 Å². The van der Waals surface area contributed by atoms with Gasteiger partial charge in [0.2, 0.25) is 29.5 Å². The zero-order valence-electron chi connectivity index (χ0n) is 36.4. The van der Waals surface area contributed by atoms with Gasteiger partial charge < -0.3 is 50.0 Å². The van der Waals surface area contributed by atoms with E-state index in [0.717, 1.165) is 24.0 Å². The topological polar surface area (TPSA) is 236 Å². The number of nitrogens with zero attached hydrogens (tertiary/aromatic N) is 4. The number of carbonyl (C=O) groups excluding carboxylic acids is 4. The maximum atomic E-state index is 14.4. The minimum Gasteiger partial charge on any atom is -0.490 e. The van der Waals surface area contributed by atoms with Gasteiger partial charge in [-0.05, 0) is 55.8 Å². The van der Waals surface area contributed by atoms with Crippen LogP contribution in [0.5, 0.6) is 11.6 Å². The Balaban J connectivity index is 1.33. The Bertz CT molecular complexity index is 2110. The molecule has 1 aliphatic rings. The predicted molar refractivity (Wildman–Crippen MR) is 230 cm³/mol. The minimum atomic E-state index is -1.49. The molecule has 4 aromatic rings. The molecule has 0 radical (unpaired) electrons. The van der Waals surface area contributed by atoms with E-state index in [0.29, 0.717) is 24.6 Å². The number of rotatable bonds is 26. The van der Waals surface area contributed by atoms with Gasteiger partial charge in [-0.2, -0.15) is 4.98 Å². The molecule has 1 saturated carbocycles. The highest BCUT2D eigenvalue weighted by Crippen LogP contribution is 2.38. The summed E-state index contributed by atoms with van der Waals surface area (Å²) in [6, 6.07) is 16.5. The number of aromatic nitrogens is 3. The van der Waals surface area contributed by atoms with Crippen LogP contribution in [0.3, 0.4) is 0 Å². The number of likely N-dealkylation sites (N-methyl/N-ethyl adjacent to an activating group) is 2. The molecule has 4 atom stereocenters. The second kappa shape index (κ2) is 23.7. The summed E-state index contributed by atoms with van der Waals surface area (Å²) in [4.78, 5) is 77.2. The minimum absolute atomic E-state index is 0.00964. The standard InChI is InChI=1S/C45H58N8O10/c1-28(2)22-34(46-3)45(59)53(4)35(27-61-25-30-14-10-7-11-15-30)42(57)49-32(23-29-12-8-6-9-13-29)26-62-36-18-20-48-44(60-5)39(36)43(58)50-33(24-38(54)55)41(56)47-21-19-37-51-40(52-63-37)31-16-17-31/h6-15,18,20,28,31-35,46H,16-17,19,21-27H2,1-5H3,(H,47,56)(H,49,57)(H,50,58)(H,54,55)/t32-,33+,34+,35?/m1/s1. The molecule has 0 bridgehead atoms. The highest BCUT2D eigenvalue weighted by molar-refractivity contribution is 6.02. The van der Waals surface area contributed by atoms with E-state index in [4.69, 9.17) is 18.7 Å². The van der Waals surface area contributed by atoms with Crippen LogP contribution in [-0.2, 0) is 43.4 Å². The molecule has 338 valence electrons. The van der Waals surface area contributed by atoms with Gasteiger partial charge in [0.05, 0.1) is 38.8 Å². The maximum Gasteiger partial charge on any atom is 0.305 e. The Morgan fingerprint density at radius 1 is 0.921 bits per heavy atom. The van der Waals surface area contributed by atoms with Crippen LogP contribution in [0.25, 0.3) is 0 Å². The molecule has 5 rings (SSSR count). The quantitative estimate of drug-likeness (QED) is 0.0610.